The number of nitrogens with zero attached hydrogens (tertiary/aromatic N) is 2. The molecule has 3 heterocycles. The van der Waals surface area contributed by atoms with E-state index in [1.807, 2.05) is 0 Å². The van der Waals surface area contributed by atoms with Gasteiger partial charge in [-0.15, -0.1) is 0 Å². The smallest absolute Gasteiger partial charge is 0.376 e. The number of pyridine rings is 1. The number of aromatic nitrogens is 1. The molecule has 1 aromatic heterocycles. The van der Waals surface area contributed by atoms with E-state index in [2.05, 4.69) is 4.98 Å². The third-order valence-electron chi connectivity index (χ3n) is 4.56. The van der Waals surface area contributed by atoms with Gasteiger partial charge in [0.1, 0.15) is 0 Å². The lowest BCUT2D eigenvalue weighted by atomic mass is 10.0. The van der Waals surface area contributed by atoms with Crippen LogP contribution in [0.25, 0.3) is 11.1 Å². The topological polar surface area (TPSA) is 42.4 Å². The zero-order valence-electron chi connectivity index (χ0n) is 13.2. The Kier molecular flexibility index (Phi) is 3.76. The van der Waals surface area contributed by atoms with Crippen molar-refractivity contribution in [2.75, 3.05) is 18.1 Å². The molecule has 1 amide bonds. The molecule has 0 saturated carbocycles. The van der Waals surface area contributed by atoms with E-state index in [1.54, 1.807) is 17.0 Å². The molecule has 1 saturated heterocycles. The van der Waals surface area contributed by atoms with E-state index in [-0.39, 0.29) is 18.4 Å². The molecule has 0 spiro atoms. The second kappa shape index (κ2) is 5.84. The highest BCUT2D eigenvalue weighted by Crippen LogP contribution is 2.35. The largest absolute Gasteiger partial charge is 0.416 e. The van der Waals surface area contributed by atoms with Gasteiger partial charge in [0.25, 0.3) is 0 Å². The molecule has 4 rings (SSSR count). The lowest BCUT2D eigenvalue weighted by Gasteiger charge is -2.30. The fourth-order valence-electron chi connectivity index (χ4n) is 3.09. The minimum absolute atomic E-state index is 0.0205. The van der Waals surface area contributed by atoms with Gasteiger partial charge in [-0.2, -0.15) is 13.2 Å². The second-order valence-corrected chi connectivity index (χ2v) is 6.23. The molecule has 2 aliphatic heterocycles. The van der Waals surface area contributed by atoms with Crippen LogP contribution in [-0.4, -0.2) is 30.1 Å². The number of hydrogen-bond donors (Lipinski definition) is 0. The maximum Gasteiger partial charge on any atom is 0.416 e. The monoisotopic (exact) mass is 348 g/mol. The second-order valence-electron chi connectivity index (χ2n) is 6.23. The van der Waals surface area contributed by atoms with Crippen LogP contribution in [0, 0.1) is 0 Å². The first-order chi connectivity index (χ1) is 11.9. The molecule has 4 nitrogen and oxygen atoms in total. The van der Waals surface area contributed by atoms with Crippen molar-refractivity contribution in [3.8, 4) is 11.1 Å². The van der Waals surface area contributed by atoms with Crippen molar-refractivity contribution in [2.24, 2.45) is 0 Å². The summed E-state index contributed by atoms with van der Waals surface area (Å²) in [7, 11) is 0. The fourth-order valence-corrected chi connectivity index (χ4v) is 3.09. The van der Waals surface area contributed by atoms with E-state index in [4.69, 9.17) is 4.74 Å². The van der Waals surface area contributed by atoms with Crippen LogP contribution in [0.15, 0.2) is 36.5 Å². The third-order valence-corrected chi connectivity index (χ3v) is 4.56. The van der Waals surface area contributed by atoms with Gasteiger partial charge in [-0.1, -0.05) is 12.1 Å². The standard InChI is InChI=1S/C18H15F3N2O2/c19-18(20,21)13-3-1-2-11(6-13)12-7-16-15(22-9-12)8-17(24)23(16)10-14-4-5-25-14/h1-3,6-7,9,14H,4-5,8,10H2. The van der Waals surface area contributed by atoms with Gasteiger partial charge in [0.15, 0.2) is 0 Å². The van der Waals surface area contributed by atoms with Crippen LogP contribution in [0.5, 0.6) is 0 Å². The number of carbonyl (C=O) groups excluding carboxylic acids is 1. The molecular formula is C18H15F3N2O2. The molecule has 25 heavy (non-hydrogen) atoms. The zero-order chi connectivity index (χ0) is 17.6. The number of rotatable bonds is 3. The van der Waals surface area contributed by atoms with Gasteiger partial charge < -0.3 is 9.64 Å². The molecule has 0 aliphatic carbocycles. The van der Waals surface area contributed by atoms with E-state index >= 15 is 0 Å². The quantitative estimate of drug-likeness (QED) is 0.853. The van der Waals surface area contributed by atoms with E-state index in [0.717, 1.165) is 18.6 Å². The van der Waals surface area contributed by atoms with Crippen molar-refractivity contribution in [1.82, 2.24) is 4.98 Å². The lowest BCUT2D eigenvalue weighted by molar-refractivity contribution is -0.137. The average molecular weight is 348 g/mol. The Bertz CT molecular complexity index is 831. The van der Waals surface area contributed by atoms with E-state index in [9.17, 15) is 18.0 Å². The number of amides is 1. The predicted molar refractivity (Wildman–Crippen MR) is 85.1 cm³/mol. The molecule has 2 aliphatic rings. The Morgan fingerprint density at radius 1 is 1.24 bits per heavy atom. The summed E-state index contributed by atoms with van der Waals surface area (Å²) in [5.41, 5.74) is 1.58. The summed E-state index contributed by atoms with van der Waals surface area (Å²) >= 11 is 0. The highest BCUT2D eigenvalue weighted by Gasteiger charge is 2.33. The number of benzene rings is 1. The Labute approximate surface area is 142 Å². The molecule has 1 fully saturated rings. The van der Waals surface area contributed by atoms with E-state index in [0.29, 0.717) is 35.7 Å². The maximum atomic E-state index is 12.9. The van der Waals surface area contributed by atoms with Crippen molar-refractivity contribution in [2.45, 2.75) is 25.1 Å². The number of hydrogen-bond acceptors (Lipinski definition) is 3. The van der Waals surface area contributed by atoms with Crippen LogP contribution in [0.3, 0.4) is 0 Å². The van der Waals surface area contributed by atoms with Crippen LogP contribution in [0.1, 0.15) is 17.7 Å². The van der Waals surface area contributed by atoms with Crippen LogP contribution in [-0.2, 0) is 22.1 Å². The van der Waals surface area contributed by atoms with Crippen molar-refractivity contribution >= 4 is 11.6 Å². The zero-order valence-corrected chi connectivity index (χ0v) is 13.2. The van der Waals surface area contributed by atoms with Gasteiger partial charge in [-0.25, -0.2) is 0 Å². The van der Waals surface area contributed by atoms with Gasteiger partial charge >= 0.3 is 6.18 Å². The van der Waals surface area contributed by atoms with Crippen LogP contribution >= 0.6 is 0 Å². The van der Waals surface area contributed by atoms with Crippen LogP contribution in [0.2, 0.25) is 0 Å². The number of carbonyl (C=O) groups is 1. The van der Waals surface area contributed by atoms with Crippen LogP contribution in [0.4, 0.5) is 18.9 Å². The minimum atomic E-state index is -4.40. The number of alkyl halides is 3. The summed E-state index contributed by atoms with van der Waals surface area (Å²) in [6.07, 6.45) is -1.74. The summed E-state index contributed by atoms with van der Waals surface area (Å²) in [4.78, 5) is 18.1. The van der Waals surface area contributed by atoms with Crippen molar-refractivity contribution in [1.29, 1.82) is 0 Å². The SMILES string of the molecule is O=C1Cc2ncc(-c3cccc(C(F)(F)F)c3)cc2N1CC1CCO1. The Morgan fingerprint density at radius 3 is 2.72 bits per heavy atom. The molecule has 130 valence electrons. The average Bonchev–Trinajstić information content (AvgIpc) is 2.85. The minimum Gasteiger partial charge on any atom is -0.376 e. The molecule has 0 N–H and O–H groups in total. The highest BCUT2D eigenvalue weighted by molar-refractivity contribution is 6.01. The van der Waals surface area contributed by atoms with Crippen LogP contribution < -0.4 is 4.90 Å². The fraction of sp³-hybridized carbons (Fsp3) is 0.333. The first-order valence-electron chi connectivity index (χ1n) is 8.00. The highest BCUT2D eigenvalue weighted by atomic mass is 19.4. The maximum absolute atomic E-state index is 12.9. The van der Waals surface area contributed by atoms with Gasteiger partial charge in [0.05, 0.1) is 36.0 Å². The molecule has 7 heteroatoms. The van der Waals surface area contributed by atoms with Gasteiger partial charge in [0, 0.05) is 18.4 Å². The molecule has 0 bridgehead atoms. The first-order valence-corrected chi connectivity index (χ1v) is 8.00. The predicted octanol–water partition coefficient (Wildman–Crippen LogP) is 3.45. The summed E-state index contributed by atoms with van der Waals surface area (Å²) in [5, 5.41) is 0. The summed E-state index contributed by atoms with van der Waals surface area (Å²) in [5.74, 6) is -0.0563. The van der Waals surface area contributed by atoms with E-state index in [1.165, 1.54) is 12.3 Å². The van der Waals surface area contributed by atoms with Crippen molar-refractivity contribution in [3.63, 3.8) is 0 Å². The summed E-state index contributed by atoms with van der Waals surface area (Å²) in [6.45, 7) is 1.15. The lowest BCUT2D eigenvalue weighted by Crippen LogP contribution is -2.41. The Morgan fingerprint density at radius 2 is 2.04 bits per heavy atom. The summed E-state index contributed by atoms with van der Waals surface area (Å²) < 4.78 is 44.2. The number of halogens is 3. The molecule has 1 aromatic carbocycles. The Balaban J connectivity index is 1.68. The van der Waals surface area contributed by atoms with Crippen molar-refractivity contribution in [3.05, 3.63) is 47.8 Å². The van der Waals surface area contributed by atoms with Crippen molar-refractivity contribution < 1.29 is 22.7 Å². The molecule has 1 atom stereocenters. The molecule has 2 aromatic rings. The van der Waals surface area contributed by atoms with Gasteiger partial charge in [0.2, 0.25) is 5.91 Å². The normalized spacial score (nSPS) is 19.7. The number of fused-ring (bicyclic) bond motifs is 1. The Hall–Kier alpha value is -2.41. The van der Waals surface area contributed by atoms with Gasteiger partial charge in [-0.05, 0) is 30.2 Å². The first kappa shape index (κ1) is 16.1. The molecule has 1 unspecified atom stereocenters. The molecular weight excluding hydrogens is 333 g/mol. The number of ether oxygens (including phenoxy) is 1. The number of anilines is 1. The molecule has 0 radical (unpaired) electrons. The summed E-state index contributed by atoms with van der Waals surface area (Å²) in [6, 6.07) is 6.85. The van der Waals surface area contributed by atoms with Gasteiger partial charge in [-0.3, -0.25) is 9.78 Å². The van der Waals surface area contributed by atoms with E-state index < -0.39 is 11.7 Å². The third kappa shape index (κ3) is 3.00.